The van der Waals surface area contributed by atoms with E-state index in [1.54, 1.807) is 0 Å². The summed E-state index contributed by atoms with van der Waals surface area (Å²) in [6.45, 7) is 9.82. The third kappa shape index (κ3) is 16.9. The maximum atomic E-state index is 10.5. The SMILES string of the molecule is C=CC(=O)OC(C)(C)C.CC(=O)OO. The highest BCUT2D eigenvalue weighted by Gasteiger charge is 2.12. The summed E-state index contributed by atoms with van der Waals surface area (Å²) in [6, 6.07) is 0. The summed E-state index contributed by atoms with van der Waals surface area (Å²) >= 11 is 0. The fourth-order valence-electron chi connectivity index (χ4n) is 0.343. The molecule has 0 unspecified atom stereocenters. The molecule has 14 heavy (non-hydrogen) atoms. The average Bonchev–Trinajstić information content (AvgIpc) is 2.02. The van der Waals surface area contributed by atoms with E-state index in [9.17, 15) is 9.59 Å². The van der Waals surface area contributed by atoms with Gasteiger partial charge in [-0.25, -0.2) is 9.59 Å². The Morgan fingerprint density at radius 2 is 1.71 bits per heavy atom. The predicted molar refractivity (Wildman–Crippen MR) is 50.4 cm³/mol. The molecule has 0 bridgehead atoms. The Kier molecular flexibility index (Phi) is 7.65. The Balaban J connectivity index is 0. The normalized spacial score (nSPS) is 9.21. The van der Waals surface area contributed by atoms with Crippen molar-refractivity contribution in [1.29, 1.82) is 0 Å². The summed E-state index contributed by atoms with van der Waals surface area (Å²) < 4.78 is 4.83. The van der Waals surface area contributed by atoms with Crippen LogP contribution in [0.2, 0.25) is 0 Å². The van der Waals surface area contributed by atoms with Gasteiger partial charge in [0, 0.05) is 13.0 Å². The van der Waals surface area contributed by atoms with Crippen LogP contribution < -0.4 is 0 Å². The molecule has 0 saturated heterocycles. The first-order chi connectivity index (χ1) is 6.22. The first-order valence-electron chi connectivity index (χ1n) is 3.90. The van der Waals surface area contributed by atoms with Crippen molar-refractivity contribution >= 4 is 11.9 Å². The molecule has 0 amide bonds. The average molecular weight is 204 g/mol. The summed E-state index contributed by atoms with van der Waals surface area (Å²) in [4.78, 5) is 22.9. The quantitative estimate of drug-likeness (QED) is 0.303. The van der Waals surface area contributed by atoms with Gasteiger partial charge in [0.1, 0.15) is 5.60 Å². The molecule has 0 aliphatic rings. The minimum Gasteiger partial charge on any atom is -0.457 e. The first kappa shape index (κ1) is 15.1. The number of rotatable bonds is 1. The topological polar surface area (TPSA) is 72.8 Å². The van der Waals surface area contributed by atoms with Crippen LogP contribution in [0, 0.1) is 0 Å². The Morgan fingerprint density at radius 3 is 1.79 bits per heavy atom. The fourth-order valence-corrected chi connectivity index (χ4v) is 0.343. The van der Waals surface area contributed by atoms with E-state index in [1.165, 1.54) is 0 Å². The van der Waals surface area contributed by atoms with Crippen LogP contribution in [0.4, 0.5) is 0 Å². The van der Waals surface area contributed by atoms with E-state index in [-0.39, 0.29) is 5.97 Å². The van der Waals surface area contributed by atoms with Crippen LogP contribution in [0.15, 0.2) is 12.7 Å². The second-order valence-electron chi connectivity index (χ2n) is 3.32. The standard InChI is InChI=1S/C7H12O2.C2H4O3/c1-5-6(8)9-7(2,3)4;1-2(3)5-4/h5H,1H2,2-4H3;4H,1H3. The van der Waals surface area contributed by atoms with Gasteiger partial charge in [-0.3, -0.25) is 0 Å². The monoisotopic (exact) mass is 204 g/mol. The van der Waals surface area contributed by atoms with E-state index in [4.69, 9.17) is 9.99 Å². The van der Waals surface area contributed by atoms with Crippen molar-refractivity contribution in [2.24, 2.45) is 0 Å². The van der Waals surface area contributed by atoms with E-state index in [0.29, 0.717) is 0 Å². The van der Waals surface area contributed by atoms with E-state index in [1.807, 2.05) is 20.8 Å². The first-order valence-corrected chi connectivity index (χ1v) is 3.90. The van der Waals surface area contributed by atoms with Gasteiger partial charge in [0.25, 0.3) is 0 Å². The number of ether oxygens (including phenoxy) is 1. The van der Waals surface area contributed by atoms with Crippen LogP contribution in [0.25, 0.3) is 0 Å². The van der Waals surface area contributed by atoms with Crippen LogP contribution >= 0.6 is 0 Å². The number of esters is 1. The number of carbonyl (C=O) groups is 2. The molecule has 0 aromatic heterocycles. The molecule has 0 atom stereocenters. The summed E-state index contributed by atoms with van der Waals surface area (Å²) in [5, 5.41) is 7.29. The van der Waals surface area contributed by atoms with Crippen LogP contribution in [0.1, 0.15) is 27.7 Å². The van der Waals surface area contributed by atoms with Gasteiger partial charge in [0.05, 0.1) is 0 Å². The smallest absolute Gasteiger partial charge is 0.339 e. The fraction of sp³-hybridized carbons (Fsp3) is 0.556. The predicted octanol–water partition coefficient (Wildman–Crippen LogP) is 1.54. The summed E-state index contributed by atoms with van der Waals surface area (Å²) in [6.07, 6.45) is 1.16. The summed E-state index contributed by atoms with van der Waals surface area (Å²) in [5.74, 6) is -1.06. The van der Waals surface area contributed by atoms with Crippen molar-refractivity contribution in [3.8, 4) is 0 Å². The van der Waals surface area contributed by atoms with Gasteiger partial charge >= 0.3 is 11.9 Å². The highest BCUT2D eigenvalue weighted by atomic mass is 17.1. The molecule has 0 heterocycles. The van der Waals surface area contributed by atoms with Crippen molar-refractivity contribution < 1.29 is 24.5 Å². The lowest BCUT2D eigenvalue weighted by Gasteiger charge is -2.17. The molecular weight excluding hydrogens is 188 g/mol. The lowest BCUT2D eigenvalue weighted by molar-refractivity contribution is -0.231. The molecule has 0 rings (SSSR count). The van der Waals surface area contributed by atoms with E-state index < -0.39 is 11.6 Å². The van der Waals surface area contributed by atoms with Crippen LogP contribution in [0.5, 0.6) is 0 Å². The summed E-state index contributed by atoms with van der Waals surface area (Å²) in [5.41, 5.74) is -0.398. The summed E-state index contributed by atoms with van der Waals surface area (Å²) in [7, 11) is 0. The molecule has 1 N–H and O–H groups in total. The van der Waals surface area contributed by atoms with E-state index in [0.717, 1.165) is 13.0 Å². The molecule has 0 spiro atoms. The maximum absolute atomic E-state index is 10.5. The molecule has 0 radical (unpaired) electrons. The second kappa shape index (κ2) is 7.08. The molecular formula is C9H16O5. The van der Waals surface area contributed by atoms with Crippen molar-refractivity contribution in [3.63, 3.8) is 0 Å². The zero-order valence-electron chi connectivity index (χ0n) is 8.86. The molecule has 0 fully saturated rings. The van der Waals surface area contributed by atoms with Gasteiger partial charge in [-0.05, 0) is 20.8 Å². The molecule has 5 nitrogen and oxygen atoms in total. The molecule has 0 saturated carbocycles. The third-order valence-electron chi connectivity index (χ3n) is 0.702. The van der Waals surface area contributed by atoms with Gasteiger partial charge in [-0.1, -0.05) is 6.58 Å². The molecule has 0 aromatic rings. The minimum absolute atomic E-state index is 0.373. The maximum Gasteiger partial charge on any atom is 0.339 e. The van der Waals surface area contributed by atoms with Gasteiger partial charge in [-0.15, -0.1) is 0 Å². The highest BCUT2D eigenvalue weighted by Crippen LogP contribution is 2.06. The van der Waals surface area contributed by atoms with Gasteiger partial charge in [-0.2, -0.15) is 5.26 Å². The van der Waals surface area contributed by atoms with Crippen molar-refractivity contribution in [2.75, 3.05) is 0 Å². The van der Waals surface area contributed by atoms with Crippen molar-refractivity contribution in [3.05, 3.63) is 12.7 Å². The van der Waals surface area contributed by atoms with Gasteiger partial charge in [0.2, 0.25) is 0 Å². The van der Waals surface area contributed by atoms with Crippen LogP contribution in [-0.2, 0) is 19.2 Å². The molecule has 0 aromatic carbocycles. The largest absolute Gasteiger partial charge is 0.457 e. The number of hydrogen-bond donors (Lipinski definition) is 1. The number of hydrogen-bond acceptors (Lipinski definition) is 5. The van der Waals surface area contributed by atoms with Crippen LogP contribution in [-0.4, -0.2) is 22.8 Å². The second-order valence-corrected chi connectivity index (χ2v) is 3.32. The van der Waals surface area contributed by atoms with E-state index in [2.05, 4.69) is 11.5 Å². The minimum atomic E-state index is -0.690. The van der Waals surface area contributed by atoms with Crippen LogP contribution in [0.3, 0.4) is 0 Å². The Bertz CT molecular complexity index is 202. The zero-order valence-corrected chi connectivity index (χ0v) is 8.86. The van der Waals surface area contributed by atoms with E-state index >= 15 is 0 Å². The third-order valence-corrected chi connectivity index (χ3v) is 0.702. The van der Waals surface area contributed by atoms with Crippen molar-refractivity contribution in [1.82, 2.24) is 0 Å². The Morgan fingerprint density at radius 1 is 1.36 bits per heavy atom. The highest BCUT2D eigenvalue weighted by molar-refractivity contribution is 5.81. The lowest BCUT2D eigenvalue weighted by atomic mass is 10.2. The Hall–Kier alpha value is -1.36. The molecule has 5 heteroatoms. The molecule has 0 aliphatic carbocycles. The zero-order chi connectivity index (χ0) is 11.8. The Labute approximate surface area is 83.2 Å². The molecule has 82 valence electrons. The van der Waals surface area contributed by atoms with Gasteiger partial charge in [0.15, 0.2) is 0 Å². The molecule has 0 aliphatic heterocycles. The lowest BCUT2D eigenvalue weighted by Crippen LogP contribution is -2.22. The van der Waals surface area contributed by atoms with Crippen molar-refractivity contribution in [2.45, 2.75) is 33.3 Å². The van der Waals surface area contributed by atoms with Gasteiger partial charge < -0.3 is 9.62 Å². The number of carbonyl (C=O) groups excluding carboxylic acids is 2.